The molecule has 53 heavy (non-hydrogen) atoms. The molecule has 0 radical (unpaired) electrons. The molecule has 0 saturated carbocycles. The van der Waals surface area contributed by atoms with Gasteiger partial charge in [-0.25, -0.2) is 0 Å². The van der Waals surface area contributed by atoms with Crippen molar-refractivity contribution in [1.29, 1.82) is 0 Å². The molecule has 0 N–H and O–H groups in total. The van der Waals surface area contributed by atoms with Crippen LogP contribution in [-0.4, -0.2) is 10.6 Å². The van der Waals surface area contributed by atoms with Gasteiger partial charge in [0.2, 0.25) is 0 Å². The average Bonchev–Trinajstić information content (AvgIpc) is 3.82. The molecule has 2 heterocycles. The van der Waals surface area contributed by atoms with E-state index in [1.54, 1.807) is 0 Å². The van der Waals surface area contributed by atoms with Crippen molar-refractivity contribution in [1.82, 2.24) is 4.57 Å². The normalized spacial score (nSPS) is 16.4. The minimum atomic E-state index is -0.0649. The molecule has 0 spiro atoms. The molecule has 2 heteroatoms. The Kier molecular flexibility index (Phi) is 6.46. The zero-order valence-electron chi connectivity index (χ0n) is 29.9. The Morgan fingerprint density at radius 1 is 0.566 bits per heavy atom. The maximum Gasteiger partial charge on any atom is 0.0633 e. The number of aromatic nitrogens is 1. The zero-order valence-corrected chi connectivity index (χ0v) is 29.9. The van der Waals surface area contributed by atoms with Crippen LogP contribution in [0.15, 0.2) is 176 Å². The third-order valence-corrected chi connectivity index (χ3v) is 12.1. The van der Waals surface area contributed by atoms with Crippen LogP contribution in [-0.2, 0) is 5.41 Å². The zero-order chi connectivity index (χ0) is 35.3. The van der Waals surface area contributed by atoms with Gasteiger partial charge in [-0.05, 0) is 81.3 Å². The predicted molar refractivity (Wildman–Crippen MR) is 223 cm³/mol. The first-order chi connectivity index (χ1) is 26.1. The lowest BCUT2D eigenvalue weighted by atomic mass is 9.82. The van der Waals surface area contributed by atoms with Gasteiger partial charge in [0, 0.05) is 38.7 Å². The monoisotopic (exact) mass is 678 g/mol. The number of para-hydroxylation sites is 1. The molecular weight excluding hydrogens is 641 g/mol. The molecule has 11 rings (SSSR count). The molecule has 1 unspecified atom stereocenters. The number of benzene rings is 7. The third kappa shape index (κ3) is 4.33. The van der Waals surface area contributed by atoms with Crippen molar-refractivity contribution in [3.63, 3.8) is 0 Å². The molecule has 0 saturated heterocycles. The highest BCUT2D eigenvalue weighted by Gasteiger charge is 2.42. The first-order valence-corrected chi connectivity index (χ1v) is 18.8. The first-order valence-electron chi connectivity index (χ1n) is 18.8. The Hall–Kier alpha value is -6.38. The summed E-state index contributed by atoms with van der Waals surface area (Å²) in [4.78, 5) is 2.70. The number of anilines is 2. The number of fused-ring (bicyclic) bond motifs is 10. The van der Waals surface area contributed by atoms with Gasteiger partial charge in [-0.15, -0.1) is 0 Å². The van der Waals surface area contributed by atoms with Crippen molar-refractivity contribution in [3.8, 4) is 39.1 Å². The van der Waals surface area contributed by atoms with Crippen molar-refractivity contribution < 1.29 is 0 Å². The van der Waals surface area contributed by atoms with E-state index in [1.807, 2.05) is 0 Å². The number of hydrogen-bond acceptors (Lipinski definition) is 1. The summed E-state index contributed by atoms with van der Waals surface area (Å²) in [7, 11) is 0. The summed E-state index contributed by atoms with van der Waals surface area (Å²) in [5, 5.41) is 2.59. The molecule has 2 nitrogen and oxygen atoms in total. The Labute approximate surface area is 310 Å². The van der Waals surface area contributed by atoms with Gasteiger partial charge in [-0.3, -0.25) is 0 Å². The predicted octanol–water partition coefficient (Wildman–Crippen LogP) is 13.3. The molecule has 0 amide bonds. The van der Waals surface area contributed by atoms with E-state index < -0.39 is 0 Å². The largest absolute Gasteiger partial charge is 0.332 e. The van der Waals surface area contributed by atoms with Gasteiger partial charge < -0.3 is 9.47 Å². The molecule has 1 aliphatic heterocycles. The molecule has 3 aliphatic rings. The number of hydrogen-bond donors (Lipinski definition) is 0. The second kappa shape index (κ2) is 11.3. The maximum absolute atomic E-state index is 2.70. The number of allylic oxidation sites excluding steroid dienone is 2. The van der Waals surface area contributed by atoms with Gasteiger partial charge in [-0.1, -0.05) is 159 Å². The summed E-state index contributed by atoms with van der Waals surface area (Å²) in [6, 6.07) is 58.6. The van der Waals surface area contributed by atoms with Gasteiger partial charge in [0.25, 0.3) is 0 Å². The van der Waals surface area contributed by atoms with E-state index in [9.17, 15) is 0 Å². The Balaban J connectivity index is 1.13. The second-order valence-electron chi connectivity index (χ2n) is 15.2. The lowest BCUT2D eigenvalue weighted by Crippen LogP contribution is -2.28. The Morgan fingerprint density at radius 3 is 2.13 bits per heavy atom. The second-order valence-corrected chi connectivity index (χ2v) is 15.2. The highest BCUT2D eigenvalue weighted by atomic mass is 15.2. The molecule has 0 bridgehead atoms. The van der Waals surface area contributed by atoms with E-state index in [0.717, 1.165) is 6.42 Å². The van der Waals surface area contributed by atoms with Gasteiger partial charge in [0.15, 0.2) is 0 Å². The van der Waals surface area contributed by atoms with E-state index >= 15 is 0 Å². The van der Waals surface area contributed by atoms with E-state index in [4.69, 9.17) is 0 Å². The first kappa shape index (κ1) is 30.3. The van der Waals surface area contributed by atoms with Crippen LogP contribution in [0.1, 0.15) is 37.0 Å². The van der Waals surface area contributed by atoms with Crippen molar-refractivity contribution in [2.24, 2.45) is 0 Å². The smallest absolute Gasteiger partial charge is 0.0633 e. The molecule has 2 aliphatic carbocycles. The van der Waals surface area contributed by atoms with Gasteiger partial charge in [0.1, 0.15) is 0 Å². The third-order valence-electron chi connectivity index (χ3n) is 12.1. The molecule has 0 fully saturated rings. The number of rotatable bonds is 4. The fourth-order valence-corrected chi connectivity index (χ4v) is 9.62. The fourth-order valence-electron chi connectivity index (χ4n) is 9.62. The Bertz CT molecular complexity index is 2830. The van der Waals surface area contributed by atoms with E-state index in [1.165, 1.54) is 94.5 Å². The summed E-state index contributed by atoms with van der Waals surface area (Å²) in [6.07, 6.45) is 7.91. The lowest BCUT2D eigenvalue weighted by molar-refractivity contribution is 0.660. The minimum Gasteiger partial charge on any atom is -0.332 e. The van der Waals surface area contributed by atoms with E-state index in [2.05, 4.69) is 199 Å². The van der Waals surface area contributed by atoms with Crippen LogP contribution in [0.4, 0.5) is 11.4 Å². The SMILES string of the molecule is CC1(C)c2ccccc2-c2c(N3c4c(ccc5c4c4ccccc4n5-c4cccc(-c5ccc(-c6ccccc6)cc5)c4)C4=CC=CCC43)cccc21. The summed E-state index contributed by atoms with van der Waals surface area (Å²) in [6.45, 7) is 4.76. The average molecular weight is 679 g/mol. The van der Waals surface area contributed by atoms with E-state index in [-0.39, 0.29) is 11.5 Å². The summed E-state index contributed by atoms with van der Waals surface area (Å²) < 4.78 is 2.48. The topological polar surface area (TPSA) is 8.17 Å². The quantitative estimate of drug-likeness (QED) is 0.180. The maximum atomic E-state index is 2.70. The summed E-state index contributed by atoms with van der Waals surface area (Å²) >= 11 is 0. The van der Waals surface area contributed by atoms with Crippen LogP contribution in [0.3, 0.4) is 0 Å². The van der Waals surface area contributed by atoms with Crippen molar-refractivity contribution >= 4 is 38.8 Å². The van der Waals surface area contributed by atoms with Crippen LogP contribution >= 0.6 is 0 Å². The Morgan fingerprint density at radius 2 is 1.26 bits per heavy atom. The van der Waals surface area contributed by atoms with Gasteiger partial charge in [-0.2, -0.15) is 0 Å². The van der Waals surface area contributed by atoms with Crippen LogP contribution < -0.4 is 4.90 Å². The van der Waals surface area contributed by atoms with Crippen LogP contribution in [0.2, 0.25) is 0 Å². The molecular formula is C51H38N2. The van der Waals surface area contributed by atoms with Crippen LogP contribution in [0.25, 0.3) is 66.4 Å². The van der Waals surface area contributed by atoms with Crippen molar-refractivity contribution in [3.05, 3.63) is 193 Å². The fraction of sp³-hybridized carbons (Fsp3) is 0.0980. The summed E-state index contributed by atoms with van der Waals surface area (Å²) in [5.74, 6) is 0. The molecule has 7 aromatic carbocycles. The highest BCUT2D eigenvalue weighted by Crippen LogP contribution is 2.58. The lowest BCUT2D eigenvalue weighted by Gasteiger charge is -2.31. The summed E-state index contributed by atoms with van der Waals surface area (Å²) in [5.41, 5.74) is 19.4. The van der Waals surface area contributed by atoms with Gasteiger partial charge >= 0.3 is 0 Å². The molecule has 252 valence electrons. The number of nitrogens with zero attached hydrogens (tertiary/aromatic N) is 2. The van der Waals surface area contributed by atoms with Crippen LogP contribution in [0, 0.1) is 0 Å². The van der Waals surface area contributed by atoms with Gasteiger partial charge in [0.05, 0.1) is 22.8 Å². The van der Waals surface area contributed by atoms with Crippen LogP contribution in [0.5, 0.6) is 0 Å². The van der Waals surface area contributed by atoms with Crippen molar-refractivity contribution in [2.45, 2.75) is 31.7 Å². The molecule has 1 aromatic heterocycles. The molecule has 8 aromatic rings. The minimum absolute atomic E-state index is 0.0649. The van der Waals surface area contributed by atoms with Crippen molar-refractivity contribution in [2.75, 3.05) is 4.90 Å². The molecule has 1 atom stereocenters. The van der Waals surface area contributed by atoms with E-state index in [0.29, 0.717) is 0 Å². The standard InChI is InChI=1S/C51H38N2/c1-51(2)42-21-9-6-19-40(42)48-43(51)22-13-25-46(48)53-44-23-10-7-18-38(44)39-30-31-47-49(50(39)53)41-20-8-11-24-45(41)52(47)37-17-12-16-36(32-37)35-28-26-34(27-29-35)33-14-4-3-5-15-33/h3-22,24-32,44H,23H2,1-2H3. The highest BCUT2D eigenvalue weighted by molar-refractivity contribution is 6.20.